The number of benzene rings is 2. The second-order valence-corrected chi connectivity index (χ2v) is 11.4. The van der Waals surface area contributed by atoms with Crippen molar-refractivity contribution in [3.8, 4) is 16.3 Å². The predicted molar refractivity (Wildman–Crippen MR) is 135 cm³/mol. The van der Waals surface area contributed by atoms with Gasteiger partial charge in [-0.2, -0.15) is 34.8 Å². The van der Waals surface area contributed by atoms with Crippen LogP contribution in [0.2, 0.25) is 0 Å². The first-order chi connectivity index (χ1) is 19.0. The Bertz CT molecular complexity index is 1630. The van der Waals surface area contributed by atoms with Gasteiger partial charge < -0.3 is 9.84 Å². The number of aromatic nitrogens is 1. The number of allylic oxidation sites excluding steroid dienone is 2. The topological polar surface area (TPSA) is 106 Å². The number of halogens is 7. The molecule has 2 aromatic carbocycles. The molecule has 0 aliphatic heterocycles. The van der Waals surface area contributed by atoms with Gasteiger partial charge in [-0.15, -0.1) is 11.3 Å². The summed E-state index contributed by atoms with van der Waals surface area (Å²) in [5.74, 6) is -4.80. The Morgan fingerprint density at radius 3 is 2.41 bits per heavy atom. The zero-order chi connectivity index (χ0) is 30.3. The summed E-state index contributed by atoms with van der Waals surface area (Å²) >= 11 is 0.581. The average molecular weight is 625 g/mol. The smallest absolute Gasteiger partial charge is 0.417 e. The van der Waals surface area contributed by atoms with Crippen LogP contribution in [-0.4, -0.2) is 37.8 Å². The van der Waals surface area contributed by atoms with E-state index in [2.05, 4.69) is 4.98 Å². The molecule has 1 heterocycles. The van der Waals surface area contributed by atoms with Crippen LogP contribution in [0, 0.1) is 11.7 Å². The second kappa shape index (κ2) is 11.0. The van der Waals surface area contributed by atoms with Crippen molar-refractivity contribution in [3.63, 3.8) is 0 Å². The SMILES string of the molecule is COc1cc(C(=O)O)c(F)cc1NS(=O)(=O)c1csc(-c2ccc(C3=CCC(C(F)(F)F)CC3)cc2C(F)(F)F)n1. The zero-order valence-electron chi connectivity index (χ0n) is 20.7. The molecule has 220 valence electrons. The lowest BCUT2D eigenvalue weighted by Gasteiger charge is -2.24. The number of alkyl halides is 6. The number of rotatable bonds is 7. The largest absolute Gasteiger partial charge is 0.495 e. The van der Waals surface area contributed by atoms with E-state index in [4.69, 9.17) is 9.84 Å². The molecule has 0 saturated heterocycles. The maximum atomic E-state index is 14.2. The van der Waals surface area contributed by atoms with Crippen molar-refractivity contribution < 1.29 is 53.8 Å². The molecule has 0 amide bonds. The third-order valence-electron chi connectivity index (χ3n) is 6.32. The number of carboxylic acids is 1. The van der Waals surface area contributed by atoms with Crippen molar-refractivity contribution in [1.82, 2.24) is 4.98 Å². The molecule has 1 atom stereocenters. The van der Waals surface area contributed by atoms with E-state index in [-0.39, 0.29) is 35.6 Å². The van der Waals surface area contributed by atoms with Crippen LogP contribution in [0.5, 0.6) is 5.75 Å². The van der Waals surface area contributed by atoms with Crippen LogP contribution in [0.3, 0.4) is 0 Å². The Labute approximate surface area is 232 Å². The van der Waals surface area contributed by atoms with Gasteiger partial charge in [-0.3, -0.25) is 4.72 Å². The number of carbonyl (C=O) groups is 1. The van der Waals surface area contributed by atoms with Crippen LogP contribution in [0.25, 0.3) is 16.1 Å². The first kappa shape index (κ1) is 30.3. The number of nitrogens with one attached hydrogen (secondary N) is 1. The molecule has 0 fully saturated rings. The van der Waals surface area contributed by atoms with E-state index in [0.717, 1.165) is 30.7 Å². The minimum absolute atomic E-state index is 0.0658. The third kappa shape index (κ3) is 6.48. The minimum Gasteiger partial charge on any atom is -0.495 e. The Hall–Kier alpha value is -3.66. The molecule has 1 unspecified atom stereocenters. The molecule has 3 aromatic rings. The summed E-state index contributed by atoms with van der Waals surface area (Å²) in [7, 11) is -3.52. The van der Waals surface area contributed by atoms with Gasteiger partial charge in [0, 0.05) is 17.0 Å². The summed E-state index contributed by atoms with van der Waals surface area (Å²) in [6.07, 6.45) is -8.71. The highest BCUT2D eigenvalue weighted by atomic mass is 32.2. The highest BCUT2D eigenvalue weighted by Gasteiger charge is 2.40. The van der Waals surface area contributed by atoms with Crippen molar-refractivity contribution in [3.05, 3.63) is 64.3 Å². The van der Waals surface area contributed by atoms with Crippen LogP contribution in [0.4, 0.5) is 36.4 Å². The van der Waals surface area contributed by atoms with Crippen LogP contribution >= 0.6 is 11.3 Å². The molecule has 16 heteroatoms. The van der Waals surface area contributed by atoms with Gasteiger partial charge in [0.25, 0.3) is 10.0 Å². The molecule has 0 bridgehead atoms. The summed E-state index contributed by atoms with van der Waals surface area (Å²) in [5, 5.41) is 8.98. The van der Waals surface area contributed by atoms with Gasteiger partial charge in [0.15, 0.2) is 5.03 Å². The fourth-order valence-corrected chi connectivity index (χ4v) is 6.42. The molecule has 2 N–H and O–H groups in total. The molecule has 41 heavy (non-hydrogen) atoms. The molecule has 0 radical (unpaired) electrons. The summed E-state index contributed by atoms with van der Waals surface area (Å²) in [4.78, 5) is 15.0. The van der Waals surface area contributed by atoms with E-state index in [1.54, 1.807) is 0 Å². The van der Waals surface area contributed by atoms with E-state index >= 15 is 0 Å². The number of aromatic carboxylic acids is 1. The number of hydrogen-bond acceptors (Lipinski definition) is 6. The van der Waals surface area contributed by atoms with E-state index in [0.29, 0.717) is 23.0 Å². The van der Waals surface area contributed by atoms with Crippen molar-refractivity contribution in [2.45, 2.75) is 36.6 Å². The second-order valence-electron chi connectivity index (χ2n) is 8.93. The highest BCUT2D eigenvalue weighted by molar-refractivity contribution is 7.92. The molecule has 4 rings (SSSR count). The van der Waals surface area contributed by atoms with E-state index in [9.17, 15) is 43.9 Å². The Kier molecular flexibility index (Phi) is 8.10. The summed E-state index contributed by atoms with van der Waals surface area (Å²) in [6.45, 7) is 0. The number of hydrogen-bond donors (Lipinski definition) is 2. The monoisotopic (exact) mass is 624 g/mol. The zero-order valence-corrected chi connectivity index (χ0v) is 22.4. The normalized spacial score (nSPS) is 16.3. The Morgan fingerprint density at radius 2 is 1.85 bits per heavy atom. The van der Waals surface area contributed by atoms with Crippen molar-refractivity contribution in [1.29, 1.82) is 0 Å². The van der Waals surface area contributed by atoms with Crippen LogP contribution < -0.4 is 9.46 Å². The number of sulfonamides is 1. The maximum Gasteiger partial charge on any atom is 0.417 e. The Morgan fingerprint density at radius 1 is 1.15 bits per heavy atom. The lowest BCUT2D eigenvalue weighted by Crippen LogP contribution is -2.24. The van der Waals surface area contributed by atoms with Gasteiger partial charge in [0.1, 0.15) is 16.6 Å². The number of methoxy groups -OCH3 is 1. The number of ether oxygens (including phenoxy) is 1. The van der Waals surface area contributed by atoms with Gasteiger partial charge in [-0.05, 0) is 42.5 Å². The molecule has 0 spiro atoms. The van der Waals surface area contributed by atoms with Gasteiger partial charge in [0.05, 0.1) is 29.8 Å². The number of nitrogens with zero attached hydrogens (tertiary/aromatic N) is 1. The highest BCUT2D eigenvalue weighted by Crippen LogP contribution is 2.43. The molecule has 1 aliphatic carbocycles. The number of carboxylic acid groups (broad SMARTS) is 1. The maximum absolute atomic E-state index is 14.2. The number of thiazole rings is 1. The lowest BCUT2D eigenvalue weighted by molar-refractivity contribution is -0.175. The minimum atomic E-state index is -4.91. The molecular formula is C25H19F7N2O5S2. The van der Waals surface area contributed by atoms with Gasteiger partial charge in [-0.1, -0.05) is 18.2 Å². The average Bonchev–Trinajstić information content (AvgIpc) is 3.39. The summed E-state index contributed by atoms with van der Waals surface area (Å²) in [5.41, 5.74) is -2.44. The standard InChI is InChI=1S/C25H19F7N2O5S2/c1-39-20-9-16(23(35)36)18(26)10-19(20)34-41(37,38)21-11-40-22(33-21)15-7-4-13(8-17(15)25(30,31)32)12-2-5-14(6-3-12)24(27,28)29/h2,4,7-11,14,34H,3,5-6H2,1H3,(H,35,36). The lowest BCUT2D eigenvalue weighted by atomic mass is 9.85. The van der Waals surface area contributed by atoms with Gasteiger partial charge >= 0.3 is 18.3 Å². The quantitative estimate of drug-likeness (QED) is 0.269. The van der Waals surface area contributed by atoms with Crippen LogP contribution in [-0.2, 0) is 16.2 Å². The van der Waals surface area contributed by atoms with Crippen LogP contribution in [0.1, 0.15) is 40.7 Å². The summed E-state index contributed by atoms with van der Waals surface area (Å²) in [6, 6.07) is 4.49. The fraction of sp³-hybridized carbons (Fsp3) is 0.280. The summed E-state index contributed by atoms with van der Waals surface area (Å²) < 4.78 is 128. The number of anilines is 1. The molecule has 1 aliphatic rings. The molecule has 1 aromatic heterocycles. The first-order valence-corrected chi connectivity index (χ1v) is 13.9. The van der Waals surface area contributed by atoms with Crippen molar-refractivity contribution in [2.75, 3.05) is 11.8 Å². The van der Waals surface area contributed by atoms with Crippen molar-refractivity contribution in [2.24, 2.45) is 5.92 Å². The fourth-order valence-electron chi connectivity index (χ4n) is 4.23. The molecule has 0 saturated carbocycles. The van der Waals surface area contributed by atoms with Gasteiger partial charge in [-0.25, -0.2) is 14.2 Å². The molecular weight excluding hydrogens is 605 g/mol. The van der Waals surface area contributed by atoms with Crippen molar-refractivity contribution >= 4 is 38.6 Å². The van der Waals surface area contributed by atoms with E-state index < -0.39 is 67.5 Å². The van der Waals surface area contributed by atoms with Gasteiger partial charge in [0.2, 0.25) is 0 Å². The van der Waals surface area contributed by atoms with E-state index in [1.807, 2.05) is 4.72 Å². The third-order valence-corrected chi connectivity index (χ3v) is 8.60. The van der Waals surface area contributed by atoms with Crippen LogP contribution in [0.15, 0.2) is 46.8 Å². The Balaban J connectivity index is 1.66. The van der Waals surface area contributed by atoms with E-state index in [1.165, 1.54) is 12.1 Å². The first-order valence-electron chi connectivity index (χ1n) is 11.6. The molecule has 7 nitrogen and oxygen atoms in total. The predicted octanol–water partition coefficient (Wildman–Crippen LogP) is 7.22.